The van der Waals surface area contributed by atoms with Crippen LogP contribution in [0.4, 0.5) is 8.78 Å². The smallest absolute Gasteiger partial charge is 0.168 e. The summed E-state index contributed by atoms with van der Waals surface area (Å²) >= 11 is 0. The largest absolute Gasteiger partial charge is 0.486 e. The van der Waals surface area contributed by atoms with Crippen molar-refractivity contribution in [3.63, 3.8) is 0 Å². The van der Waals surface area contributed by atoms with Gasteiger partial charge in [-0.05, 0) is 35.4 Å². The SMILES string of the molecule is OCC1Cc2c(F)cc(OCc3ccccc3)c(F)c2C1. The topological polar surface area (TPSA) is 29.5 Å². The van der Waals surface area contributed by atoms with Crippen LogP contribution in [0, 0.1) is 17.6 Å². The van der Waals surface area contributed by atoms with Crippen LogP contribution in [0.1, 0.15) is 16.7 Å². The van der Waals surface area contributed by atoms with Crippen LogP contribution in [0.25, 0.3) is 0 Å². The van der Waals surface area contributed by atoms with E-state index in [1.165, 1.54) is 0 Å². The van der Waals surface area contributed by atoms with Crippen LogP contribution in [-0.2, 0) is 19.4 Å². The lowest BCUT2D eigenvalue weighted by Crippen LogP contribution is -2.04. The third kappa shape index (κ3) is 2.76. The summed E-state index contributed by atoms with van der Waals surface area (Å²) < 4.78 is 33.9. The third-order valence-electron chi connectivity index (χ3n) is 3.87. The Kier molecular flexibility index (Phi) is 3.88. The minimum absolute atomic E-state index is 0.0614. The molecule has 4 heteroatoms. The number of hydrogen-bond acceptors (Lipinski definition) is 2. The summed E-state index contributed by atoms with van der Waals surface area (Å²) in [6.45, 7) is 0.132. The maximum atomic E-state index is 14.4. The van der Waals surface area contributed by atoms with Crippen molar-refractivity contribution in [2.75, 3.05) is 6.61 Å². The zero-order chi connectivity index (χ0) is 14.8. The summed E-state index contributed by atoms with van der Waals surface area (Å²) in [5.41, 5.74) is 1.61. The molecule has 0 fully saturated rings. The second kappa shape index (κ2) is 5.82. The number of hydrogen-bond donors (Lipinski definition) is 1. The average Bonchev–Trinajstić information content (AvgIpc) is 2.96. The monoisotopic (exact) mass is 290 g/mol. The zero-order valence-electron chi connectivity index (χ0n) is 11.5. The second-order valence-electron chi connectivity index (χ2n) is 5.36. The first kappa shape index (κ1) is 14.0. The van der Waals surface area contributed by atoms with Crippen LogP contribution in [-0.4, -0.2) is 11.7 Å². The van der Waals surface area contributed by atoms with Crippen molar-refractivity contribution in [2.24, 2.45) is 5.92 Å². The molecule has 0 saturated heterocycles. The van der Waals surface area contributed by atoms with Crippen molar-refractivity contribution >= 4 is 0 Å². The summed E-state index contributed by atoms with van der Waals surface area (Å²) in [4.78, 5) is 0. The van der Waals surface area contributed by atoms with Gasteiger partial charge in [-0.15, -0.1) is 0 Å². The van der Waals surface area contributed by atoms with E-state index >= 15 is 0 Å². The number of aliphatic hydroxyl groups excluding tert-OH is 1. The van der Waals surface area contributed by atoms with E-state index < -0.39 is 11.6 Å². The van der Waals surface area contributed by atoms with E-state index in [4.69, 9.17) is 9.84 Å². The van der Waals surface area contributed by atoms with Gasteiger partial charge in [0.15, 0.2) is 11.6 Å². The van der Waals surface area contributed by atoms with Gasteiger partial charge in [0.1, 0.15) is 12.4 Å². The van der Waals surface area contributed by atoms with Crippen molar-refractivity contribution in [3.05, 3.63) is 64.7 Å². The Morgan fingerprint density at radius 1 is 1.10 bits per heavy atom. The minimum atomic E-state index is -0.502. The molecule has 2 aromatic carbocycles. The summed E-state index contributed by atoms with van der Waals surface area (Å²) in [6.07, 6.45) is 0.741. The number of halogens is 2. The van der Waals surface area contributed by atoms with Crippen LogP contribution in [0.2, 0.25) is 0 Å². The van der Waals surface area contributed by atoms with Crippen LogP contribution < -0.4 is 4.74 Å². The van der Waals surface area contributed by atoms with Crippen LogP contribution >= 0.6 is 0 Å². The maximum Gasteiger partial charge on any atom is 0.168 e. The van der Waals surface area contributed by atoms with E-state index in [9.17, 15) is 8.78 Å². The standard InChI is InChI=1S/C17H16F2O2/c18-15-8-16(21-10-11-4-2-1-3-5-11)17(19)14-7-12(9-20)6-13(14)15/h1-5,8,12,20H,6-7,9-10H2. The number of benzene rings is 2. The summed E-state index contributed by atoms with van der Waals surface area (Å²) in [6, 6.07) is 10.5. The molecule has 0 aromatic heterocycles. The summed E-state index contributed by atoms with van der Waals surface area (Å²) in [7, 11) is 0. The number of ether oxygens (including phenoxy) is 1. The quantitative estimate of drug-likeness (QED) is 0.936. The molecule has 0 heterocycles. The molecular weight excluding hydrogens is 274 g/mol. The third-order valence-corrected chi connectivity index (χ3v) is 3.87. The van der Waals surface area contributed by atoms with E-state index in [1.54, 1.807) is 0 Å². The summed E-state index contributed by atoms with van der Waals surface area (Å²) in [5, 5.41) is 9.17. The van der Waals surface area contributed by atoms with Gasteiger partial charge in [0.25, 0.3) is 0 Å². The lowest BCUT2D eigenvalue weighted by molar-refractivity contribution is 0.231. The molecular formula is C17H16F2O2. The fraction of sp³-hybridized carbons (Fsp3) is 0.294. The molecule has 2 nitrogen and oxygen atoms in total. The fourth-order valence-corrected chi connectivity index (χ4v) is 2.74. The maximum absolute atomic E-state index is 14.4. The molecule has 0 spiro atoms. The van der Waals surface area contributed by atoms with Gasteiger partial charge in [-0.25, -0.2) is 8.78 Å². The normalized spacial score (nSPS) is 16.8. The first-order valence-electron chi connectivity index (χ1n) is 6.96. The molecule has 3 rings (SSSR count). The molecule has 1 atom stereocenters. The van der Waals surface area contributed by atoms with Crippen molar-refractivity contribution < 1.29 is 18.6 Å². The van der Waals surface area contributed by atoms with Gasteiger partial charge in [0, 0.05) is 12.7 Å². The molecule has 0 bridgehead atoms. The van der Waals surface area contributed by atoms with Gasteiger partial charge in [-0.2, -0.15) is 0 Å². The van der Waals surface area contributed by atoms with Gasteiger partial charge in [-0.3, -0.25) is 0 Å². The molecule has 0 saturated carbocycles. The molecule has 2 aromatic rings. The first-order chi connectivity index (χ1) is 10.2. The molecule has 1 aliphatic rings. The average molecular weight is 290 g/mol. The highest BCUT2D eigenvalue weighted by molar-refractivity contribution is 5.42. The van der Waals surface area contributed by atoms with Crippen LogP contribution in [0.3, 0.4) is 0 Å². The van der Waals surface area contributed by atoms with Gasteiger partial charge in [0.2, 0.25) is 0 Å². The molecule has 21 heavy (non-hydrogen) atoms. The Morgan fingerprint density at radius 2 is 1.81 bits per heavy atom. The van der Waals surface area contributed by atoms with Crippen molar-refractivity contribution in [3.8, 4) is 5.75 Å². The van der Waals surface area contributed by atoms with E-state index in [2.05, 4.69) is 0 Å². The Labute approximate surface area is 122 Å². The van der Waals surface area contributed by atoms with Gasteiger partial charge in [-0.1, -0.05) is 30.3 Å². The number of aliphatic hydroxyl groups is 1. The fourth-order valence-electron chi connectivity index (χ4n) is 2.74. The van der Waals surface area contributed by atoms with E-state index in [-0.39, 0.29) is 24.9 Å². The van der Waals surface area contributed by atoms with E-state index in [0.717, 1.165) is 11.6 Å². The highest BCUT2D eigenvalue weighted by Gasteiger charge is 2.29. The molecule has 1 aliphatic carbocycles. The molecule has 0 amide bonds. The Morgan fingerprint density at radius 3 is 2.52 bits per heavy atom. The molecule has 110 valence electrons. The van der Waals surface area contributed by atoms with Crippen molar-refractivity contribution in [1.82, 2.24) is 0 Å². The van der Waals surface area contributed by atoms with Gasteiger partial charge < -0.3 is 9.84 Å². The van der Waals surface area contributed by atoms with Crippen molar-refractivity contribution in [2.45, 2.75) is 19.4 Å². The molecule has 1 unspecified atom stereocenters. The number of fused-ring (bicyclic) bond motifs is 1. The van der Waals surface area contributed by atoms with Crippen LogP contribution in [0.15, 0.2) is 36.4 Å². The minimum Gasteiger partial charge on any atom is -0.486 e. The molecule has 0 radical (unpaired) electrons. The molecule has 0 aliphatic heterocycles. The van der Waals surface area contributed by atoms with Crippen LogP contribution in [0.5, 0.6) is 5.75 Å². The highest BCUT2D eigenvalue weighted by Crippen LogP contribution is 2.35. The zero-order valence-corrected chi connectivity index (χ0v) is 11.5. The lowest BCUT2D eigenvalue weighted by Gasteiger charge is -2.11. The highest BCUT2D eigenvalue weighted by atomic mass is 19.1. The first-order valence-corrected chi connectivity index (χ1v) is 6.96. The predicted octanol–water partition coefficient (Wildman–Crippen LogP) is 3.25. The summed E-state index contributed by atoms with van der Waals surface area (Å²) in [5.74, 6) is -1.12. The van der Waals surface area contributed by atoms with Crippen molar-refractivity contribution in [1.29, 1.82) is 0 Å². The van der Waals surface area contributed by atoms with E-state index in [0.29, 0.717) is 24.0 Å². The van der Waals surface area contributed by atoms with Gasteiger partial charge in [0.05, 0.1) is 0 Å². The molecule has 1 N–H and O–H groups in total. The Hall–Kier alpha value is -1.94. The number of rotatable bonds is 4. The van der Waals surface area contributed by atoms with Gasteiger partial charge >= 0.3 is 0 Å². The Balaban J connectivity index is 1.83. The predicted molar refractivity (Wildman–Crippen MR) is 75.1 cm³/mol. The lowest BCUT2D eigenvalue weighted by atomic mass is 10.1. The second-order valence-corrected chi connectivity index (χ2v) is 5.36. The van der Waals surface area contributed by atoms with E-state index in [1.807, 2.05) is 30.3 Å². The Bertz CT molecular complexity index is 641.